The highest BCUT2D eigenvalue weighted by molar-refractivity contribution is 5.69. The summed E-state index contributed by atoms with van der Waals surface area (Å²) in [6, 6.07) is 10.5. The first-order valence-electron chi connectivity index (χ1n) is 8.04. The van der Waals surface area contributed by atoms with Gasteiger partial charge < -0.3 is 9.67 Å². The number of rotatable bonds is 1. The van der Waals surface area contributed by atoms with E-state index < -0.39 is 6.10 Å². The fourth-order valence-electron chi connectivity index (χ4n) is 4.24. The quantitative estimate of drug-likeness (QED) is 0.746. The second kappa shape index (κ2) is 4.79. The molecule has 1 N–H and O–H groups in total. The highest BCUT2D eigenvalue weighted by Gasteiger charge is 2.41. The van der Waals surface area contributed by atoms with Gasteiger partial charge in [-0.15, -0.1) is 0 Å². The molecule has 2 aliphatic rings. The minimum absolute atomic E-state index is 0.0158. The highest BCUT2D eigenvalue weighted by Crippen LogP contribution is 2.49. The lowest BCUT2D eigenvalue weighted by molar-refractivity contribution is 0.0523. The Morgan fingerprint density at radius 1 is 1.25 bits per heavy atom. The lowest BCUT2D eigenvalue weighted by Gasteiger charge is -2.34. The summed E-state index contributed by atoms with van der Waals surface area (Å²) in [5, 5.41) is 24.6. The van der Waals surface area contributed by atoms with Gasteiger partial charge in [-0.25, -0.2) is 4.98 Å². The lowest BCUT2D eigenvalue weighted by Crippen LogP contribution is -2.31. The van der Waals surface area contributed by atoms with Crippen molar-refractivity contribution in [3.05, 3.63) is 59.8 Å². The molecule has 0 saturated heterocycles. The summed E-state index contributed by atoms with van der Waals surface area (Å²) >= 11 is 0. The summed E-state index contributed by atoms with van der Waals surface area (Å²) in [7, 11) is 0. The Bertz CT molecular complexity index is 979. The number of hydrogen-bond donors (Lipinski definition) is 1. The van der Waals surface area contributed by atoms with Crippen LogP contribution in [0.1, 0.15) is 35.4 Å². The Balaban J connectivity index is 1.64. The second-order valence-electron chi connectivity index (χ2n) is 6.39. The topological polar surface area (TPSA) is 79.7 Å². The van der Waals surface area contributed by atoms with Crippen LogP contribution in [0.4, 0.5) is 0 Å². The van der Waals surface area contributed by atoms with E-state index in [2.05, 4.69) is 32.9 Å². The summed E-state index contributed by atoms with van der Waals surface area (Å²) in [5.74, 6) is -0.0158. The van der Waals surface area contributed by atoms with Gasteiger partial charge >= 0.3 is 0 Å². The number of imidazole rings is 1. The molecule has 3 aromatic rings. The van der Waals surface area contributed by atoms with E-state index in [-0.39, 0.29) is 12.0 Å². The van der Waals surface area contributed by atoms with Gasteiger partial charge in [0.2, 0.25) is 0 Å². The summed E-state index contributed by atoms with van der Waals surface area (Å²) < 4.78 is 3.91. The van der Waals surface area contributed by atoms with Gasteiger partial charge in [0.05, 0.1) is 41.7 Å². The Morgan fingerprint density at radius 3 is 3.00 bits per heavy atom. The van der Waals surface area contributed by atoms with E-state index in [1.54, 1.807) is 10.9 Å². The molecule has 4 heterocycles. The van der Waals surface area contributed by atoms with E-state index in [1.165, 1.54) is 11.1 Å². The molecule has 3 unspecified atom stereocenters. The molecule has 0 fully saturated rings. The molecule has 2 aromatic heterocycles. The predicted octanol–water partition coefficient (Wildman–Crippen LogP) is 2.27. The van der Waals surface area contributed by atoms with Crippen LogP contribution in [0.15, 0.2) is 43.0 Å². The van der Waals surface area contributed by atoms with Crippen molar-refractivity contribution in [2.24, 2.45) is 5.92 Å². The van der Waals surface area contributed by atoms with Gasteiger partial charge in [0.25, 0.3) is 0 Å². The molecule has 0 saturated carbocycles. The maximum absolute atomic E-state index is 11.0. The van der Waals surface area contributed by atoms with Gasteiger partial charge in [0.1, 0.15) is 12.2 Å². The number of fused-ring (bicyclic) bond motifs is 4. The summed E-state index contributed by atoms with van der Waals surface area (Å²) in [6.45, 7) is 0.710. The van der Waals surface area contributed by atoms with Gasteiger partial charge in [-0.3, -0.25) is 4.68 Å². The molecule has 2 aliphatic heterocycles. The third-order valence-corrected chi connectivity index (χ3v) is 5.29. The molecule has 0 amide bonds. The smallest absolute Gasteiger partial charge is 0.103 e. The SMILES string of the molecule is N#Cc1cnn2c1C(O)C(C1c3ccccc3-c3cncn31)CC2. The Morgan fingerprint density at radius 2 is 2.12 bits per heavy atom. The van der Waals surface area contributed by atoms with Crippen LogP contribution >= 0.6 is 0 Å². The first-order valence-corrected chi connectivity index (χ1v) is 8.04. The number of hydrogen-bond acceptors (Lipinski definition) is 4. The maximum atomic E-state index is 11.0. The number of aromatic nitrogens is 4. The monoisotopic (exact) mass is 317 g/mol. The predicted molar refractivity (Wildman–Crippen MR) is 85.8 cm³/mol. The third kappa shape index (κ3) is 1.62. The van der Waals surface area contributed by atoms with Gasteiger partial charge in [-0.05, 0) is 12.0 Å². The molecule has 24 heavy (non-hydrogen) atoms. The summed E-state index contributed by atoms with van der Waals surface area (Å²) in [4.78, 5) is 4.29. The second-order valence-corrected chi connectivity index (χ2v) is 6.39. The Labute approximate surface area is 138 Å². The first kappa shape index (κ1) is 13.5. The number of aliphatic hydroxyl groups is 1. The van der Waals surface area contributed by atoms with Crippen LogP contribution in [0.25, 0.3) is 11.3 Å². The molecule has 3 atom stereocenters. The molecule has 1 aromatic carbocycles. The van der Waals surface area contributed by atoms with Crippen LogP contribution in [0, 0.1) is 17.2 Å². The molecule has 6 nitrogen and oxygen atoms in total. The molecular weight excluding hydrogens is 302 g/mol. The van der Waals surface area contributed by atoms with Crippen LogP contribution in [0.2, 0.25) is 0 Å². The zero-order chi connectivity index (χ0) is 16.3. The average Bonchev–Trinajstić information content (AvgIpc) is 3.29. The summed E-state index contributed by atoms with van der Waals surface area (Å²) in [6.07, 6.45) is 5.34. The standard InChI is InChI=1S/C18H15N5O/c19-7-11-8-21-23-6-5-14(18(24)16(11)23)17-13-4-2-1-3-12(13)15-9-20-10-22(15)17/h1-4,8-10,14,17-18,24H,5-6H2. The van der Waals surface area contributed by atoms with E-state index in [9.17, 15) is 10.4 Å². The zero-order valence-corrected chi connectivity index (χ0v) is 12.9. The van der Waals surface area contributed by atoms with E-state index in [0.717, 1.165) is 12.1 Å². The van der Waals surface area contributed by atoms with Crippen LogP contribution in [-0.2, 0) is 6.54 Å². The van der Waals surface area contributed by atoms with Crippen LogP contribution in [0.5, 0.6) is 0 Å². The van der Waals surface area contributed by atoms with Crippen molar-refractivity contribution in [2.45, 2.75) is 25.1 Å². The Hall–Kier alpha value is -2.91. The van der Waals surface area contributed by atoms with Crippen LogP contribution < -0.4 is 0 Å². The van der Waals surface area contributed by atoms with Crippen molar-refractivity contribution in [1.29, 1.82) is 5.26 Å². The fraction of sp³-hybridized carbons (Fsp3) is 0.278. The largest absolute Gasteiger partial charge is 0.386 e. The number of aliphatic hydroxyl groups excluding tert-OH is 1. The molecule has 5 rings (SSSR count). The molecule has 0 spiro atoms. The van der Waals surface area contributed by atoms with Crippen LogP contribution in [-0.4, -0.2) is 24.4 Å². The minimum Gasteiger partial charge on any atom is -0.386 e. The van der Waals surface area contributed by atoms with Crippen molar-refractivity contribution in [3.8, 4) is 17.3 Å². The molecule has 0 radical (unpaired) electrons. The van der Waals surface area contributed by atoms with Crippen molar-refractivity contribution >= 4 is 0 Å². The van der Waals surface area contributed by atoms with Crippen molar-refractivity contribution in [3.63, 3.8) is 0 Å². The van der Waals surface area contributed by atoms with E-state index in [0.29, 0.717) is 17.8 Å². The van der Waals surface area contributed by atoms with E-state index in [1.807, 2.05) is 24.7 Å². The summed E-state index contributed by atoms with van der Waals surface area (Å²) in [5.41, 5.74) is 4.57. The normalized spacial score (nSPS) is 24.1. The molecule has 0 bridgehead atoms. The Kier molecular flexibility index (Phi) is 2.70. The third-order valence-electron chi connectivity index (χ3n) is 5.29. The highest BCUT2D eigenvalue weighted by atomic mass is 16.3. The van der Waals surface area contributed by atoms with Gasteiger partial charge in [0, 0.05) is 18.0 Å². The van der Waals surface area contributed by atoms with E-state index >= 15 is 0 Å². The van der Waals surface area contributed by atoms with Gasteiger partial charge in [-0.1, -0.05) is 24.3 Å². The maximum Gasteiger partial charge on any atom is 0.103 e. The van der Waals surface area contributed by atoms with Crippen LogP contribution in [0.3, 0.4) is 0 Å². The number of benzene rings is 1. The number of nitriles is 1. The number of aryl methyl sites for hydroxylation is 1. The molecule has 6 heteroatoms. The number of nitrogens with zero attached hydrogens (tertiary/aromatic N) is 5. The van der Waals surface area contributed by atoms with Crippen molar-refractivity contribution < 1.29 is 5.11 Å². The molecule has 0 aliphatic carbocycles. The zero-order valence-electron chi connectivity index (χ0n) is 12.9. The molecular formula is C18H15N5O. The van der Waals surface area contributed by atoms with E-state index in [4.69, 9.17) is 0 Å². The molecule has 118 valence electrons. The fourth-order valence-corrected chi connectivity index (χ4v) is 4.24. The first-order chi connectivity index (χ1) is 11.8. The van der Waals surface area contributed by atoms with Gasteiger partial charge in [-0.2, -0.15) is 10.4 Å². The minimum atomic E-state index is -0.720. The van der Waals surface area contributed by atoms with Crippen molar-refractivity contribution in [2.75, 3.05) is 0 Å². The average molecular weight is 317 g/mol. The van der Waals surface area contributed by atoms with Gasteiger partial charge in [0.15, 0.2) is 0 Å². The van der Waals surface area contributed by atoms with Crippen molar-refractivity contribution in [1.82, 2.24) is 19.3 Å². The lowest BCUT2D eigenvalue weighted by atomic mass is 9.82.